The summed E-state index contributed by atoms with van der Waals surface area (Å²) in [5.74, 6) is 0. The fraction of sp³-hybridized carbons (Fsp3) is 0.625. The number of benzene rings is 1. The third-order valence-corrected chi connectivity index (χ3v) is 4.01. The summed E-state index contributed by atoms with van der Waals surface area (Å²) < 4.78 is 5.89. The Morgan fingerprint density at radius 2 is 1.59 bits per heavy atom. The van der Waals surface area contributed by atoms with Gasteiger partial charge in [-0.15, -0.1) is 0 Å². The Kier molecular flexibility index (Phi) is 4.37. The van der Waals surface area contributed by atoms with E-state index in [1.165, 1.54) is 11.1 Å². The normalized spacial score (nSPS) is 12.8. The molecule has 0 aliphatic heterocycles. The Balaban J connectivity index is 2.52. The zero-order valence-electron chi connectivity index (χ0n) is 12.1. The van der Waals surface area contributed by atoms with Gasteiger partial charge in [0.1, 0.15) is 0 Å². The standard InChI is InChI=1S/C16H26O/c1-13-9-7-8-10-14(13)11-17-12-16(5,6)15(2,3)4/h7-10H,11-12H2,1-6H3. The van der Waals surface area contributed by atoms with Crippen LogP contribution < -0.4 is 0 Å². The van der Waals surface area contributed by atoms with Crippen LogP contribution in [0.3, 0.4) is 0 Å². The van der Waals surface area contributed by atoms with Crippen molar-refractivity contribution in [2.45, 2.75) is 48.1 Å². The first-order valence-corrected chi connectivity index (χ1v) is 6.36. The predicted octanol–water partition coefficient (Wildman–Crippen LogP) is 4.58. The van der Waals surface area contributed by atoms with Crippen molar-refractivity contribution in [3.05, 3.63) is 35.4 Å². The van der Waals surface area contributed by atoms with E-state index in [4.69, 9.17) is 4.74 Å². The molecule has 0 radical (unpaired) electrons. The molecule has 0 atom stereocenters. The van der Waals surface area contributed by atoms with E-state index >= 15 is 0 Å². The number of rotatable bonds is 4. The molecule has 0 fully saturated rings. The summed E-state index contributed by atoms with van der Waals surface area (Å²) in [5, 5.41) is 0. The smallest absolute Gasteiger partial charge is 0.0719 e. The Bertz CT molecular complexity index is 358. The lowest BCUT2D eigenvalue weighted by Gasteiger charge is -2.38. The number of aryl methyl sites for hydroxylation is 1. The second-order valence-corrected chi connectivity index (χ2v) is 6.55. The molecule has 17 heavy (non-hydrogen) atoms. The van der Waals surface area contributed by atoms with Crippen LogP contribution in [0.25, 0.3) is 0 Å². The van der Waals surface area contributed by atoms with Crippen molar-refractivity contribution in [2.75, 3.05) is 6.61 Å². The van der Waals surface area contributed by atoms with Crippen LogP contribution in [0.1, 0.15) is 45.7 Å². The molecular weight excluding hydrogens is 208 g/mol. The molecule has 0 N–H and O–H groups in total. The van der Waals surface area contributed by atoms with Gasteiger partial charge in [0.25, 0.3) is 0 Å². The zero-order valence-corrected chi connectivity index (χ0v) is 12.1. The lowest BCUT2D eigenvalue weighted by atomic mass is 9.70. The molecule has 0 aliphatic carbocycles. The highest BCUT2D eigenvalue weighted by Crippen LogP contribution is 2.38. The van der Waals surface area contributed by atoms with E-state index in [9.17, 15) is 0 Å². The van der Waals surface area contributed by atoms with Crippen LogP contribution >= 0.6 is 0 Å². The maximum Gasteiger partial charge on any atom is 0.0719 e. The lowest BCUT2D eigenvalue weighted by Crippen LogP contribution is -2.34. The first-order valence-electron chi connectivity index (χ1n) is 6.36. The van der Waals surface area contributed by atoms with Crippen molar-refractivity contribution in [2.24, 2.45) is 10.8 Å². The van der Waals surface area contributed by atoms with Gasteiger partial charge in [-0.2, -0.15) is 0 Å². The molecular formula is C16H26O. The van der Waals surface area contributed by atoms with E-state index in [-0.39, 0.29) is 10.8 Å². The van der Waals surface area contributed by atoms with Crippen molar-refractivity contribution in [3.63, 3.8) is 0 Å². The van der Waals surface area contributed by atoms with Crippen molar-refractivity contribution in [1.29, 1.82) is 0 Å². The van der Waals surface area contributed by atoms with Crippen molar-refractivity contribution >= 4 is 0 Å². The van der Waals surface area contributed by atoms with Gasteiger partial charge in [-0.25, -0.2) is 0 Å². The lowest BCUT2D eigenvalue weighted by molar-refractivity contribution is -0.00803. The Morgan fingerprint density at radius 1 is 1.00 bits per heavy atom. The van der Waals surface area contributed by atoms with E-state index < -0.39 is 0 Å². The third-order valence-electron chi connectivity index (χ3n) is 4.01. The van der Waals surface area contributed by atoms with E-state index in [0.717, 1.165) is 6.61 Å². The van der Waals surface area contributed by atoms with Crippen LogP contribution in [0.15, 0.2) is 24.3 Å². The highest BCUT2D eigenvalue weighted by molar-refractivity contribution is 5.24. The largest absolute Gasteiger partial charge is 0.376 e. The van der Waals surface area contributed by atoms with Gasteiger partial charge in [0, 0.05) is 0 Å². The van der Waals surface area contributed by atoms with Crippen LogP contribution in [0.4, 0.5) is 0 Å². The van der Waals surface area contributed by atoms with E-state index in [1.807, 2.05) is 0 Å². The first kappa shape index (κ1) is 14.2. The van der Waals surface area contributed by atoms with Gasteiger partial charge in [-0.3, -0.25) is 0 Å². The van der Waals surface area contributed by atoms with Gasteiger partial charge in [0.2, 0.25) is 0 Å². The Hall–Kier alpha value is -0.820. The minimum atomic E-state index is 0.190. The molecule has 1 nitrogen and oxygen atoms in total. The summed E-state index contributed by atoms with van der Waals surface area (Å²) in [7, 11) is 0. The summed E-state index contributed by atoms with van der Waals surface area (Å²) in [6, 6.07) is 8.41. The maximum absolute atomic E-state index is 5.89. The van der Waals surface area contributed by atoms with Gasteiger partial charge in [-0.1, -0.05) is 58.9 Å². The van der Waals surface area contributed by atoms with Crippen LogP contribution in [0, 0.1) is 17.8 Å². The maximum atomic E-state index is 5.89. The minimum absolute atomic E-state index is 0.190. The molecule has 1 rings (SSSR count). The van der Waals surface area contributed by atoms with E-state index in [0.29, 0.717) is 6.61 Å². The summed E-state index contributed by atoms with van der Waals surface area (Å²) in [4.78, 5) is 0. The highest BCUT2D eigenvalue weighted by atomic mass is 16.5. The van der Waals surface area contributed by atoms with Crippen molar-refractivity contribution in [1.82, 2.24) is 0 Å². The van der Waals surface area contributed by atoms with Crippen LogP contribution in [0.5, 0.6) is 0 Å². The van der Waals surface area contributed by atoms with Crippen LogP contribution in [-0.4, -0.2) is 6.61 Å². The third kappa shape index (κ3) is 3.85. The van der Waals surface area contributed by atoms with Crippen LogP contribution in [-0.2, 0) is 11.3 Å². The molecule has 0 saturated heterocycles. The Labute approximate surface area is 106 Å². The average Bonchev–Trinajstić information content (AvgIpc) is 2.19. The Morgan fingerprint density at radius 3 is 2.12 bits per heavy atom. The molecule has 0 amide bonds. The molecule has 1 heteroatoms. The topological polar surface area (TPSA) is 9.23 Å². The SMILES string of the molecule is Cc1ccccc1COCC(C)(C)C(C)(C)C. The molecule has 0 bridgehead atoms. The number of ether oxygens (including phenoxy) is 1. The second-order valence-electron chi connectivity index (χ2n) is 6.55. The summed E-state index contributed by atoms with van der Waals surface area (Å²) in [6.45, 7) is 15.0. The van der Waals surface area contributed by atoms with Gasteiger partial charge < -0.3 is 4.74 Å². The fourth-order valence-corrected chi connectivity index (χ4v) is 1.40. The molecule has 0 aromatic heterocycles. The van der Waals surface area contributed by atoms with Gasteiger partial charge >= 0.3 is 0 Å². The number of hydrogen-bond acceptors (Lipinski definition) is 1. The summed E-state index contributed by atoms with van der Waals surface area (Å²) in [6.07, 6.45) is 0. The molecule has 1 aromatic carbocycles. The molecule has 0 unspecified atom stereocenters. The fourth-order valence-electron chi connectivity index (χ4n) is 1.40. The number of hydrogen-bond donors (Lipinski definition) is 0. The quantitative estimate of drug-likeness (QED) is 0.740. The second kappa shape index (κ2) is 5.22. The molecule has 0 saturated carbocycles. The molecule has 96 valence electrons. The van der Waals surface area contributed by atoms with E-state index in [2.05, 4.69) is 65.8 Å². The molecule has 0 spiro atoms. The molecule has 1 aromatic rings. The molecule has 0 aliphatic rings. The predicted molar refractivity (Wildman–Crippen MR) is 74.1 cm³/mol. The van der Waals surface area contributed by atoms with E-state index in [1.54, 1.807) is 0 Å². The van der Waals surface area contributed by atoms with Gasteiger partial charge in [0.15, 0.2) is 0 Å². The minimum Gasteiger partial charge on any atom is -0.376 e. The zero-order chi connectivity index (χ0) is 13.1. The first-order chi connectivity index (χ1) is 7.74. The van der Waals surface area contributed by atoms with Gasteiger partial charge in [-0.05, 0) is 28.9 Å². The summed E-state index contributed by atoms with van der Waals surface area (Å²) in [5.41, 5.74) is 3.05. The van der Waals surface area contributed by atoms with Crippen LogP contribution in [0.2, 0.25) is 0 Å². The highest BCUT2D eigenvalue weighted by Gasteiger charge is 2.32. The van der Waals surface area contributed by atoms with Crippen molar-refractivity contribution < 1.29 is 4.74 Å². The average molecular weight is 234 g/mol. The molecule has 0 heterocycles. The van der Waals surface area contributed by atoms with Gasteiger partial charge in [0.05, 0.1) is 13.2 Å². The monoisotopic (exact) mass is 234 g/mol. The van der Waals surface area contributed by atoms with Crippen molar-refractivity contribution in [3.8, 4) is 0 Å². The summed E-state index contributed by atoms with van der Waals surface area (Å²) >= 11 is 0.